The van der Waals surface area contributed by atoms with Crippen LogP contribution < -0.4 is 10.1 Å². The molecule has 1 aromatic heterocycles. The van der Waals surface area contributed by atoms with Crippen LogP contribution in [-0.2, 0) is 0 Å². The molecule has 0 aliphatic carbocycles. The topological polar surface area (TPSA) is 64.4 Å². The molecule has 2 rings (SSSR count). The number of ether oxygens (including phenoxy) is 1. The molecular weight excluding hydrogens is 276 g/mol. The number of hydrogen-bond donors (Lipinski definition) is 1. The zero-order valence-corrected chi connectivity index (χ0v) is 12.1. The highest BCUT2D eigenvalue weighted by Crippen LogP contribution is 2.31. The number of nitro groups is 1. The van der Waals surface area contributed by atoms with E-state index in [0.29, 0.717) is 12.4 Å². The normalized spacial score (nSPS) is 11.9. The highest BCUT2D eigenvalue weighted by Gasteiger charge is 2.16. The van der Waals surface area contributed by atoms with Crippen LogP contribution in [0.1, 0.15) is 25.5 Å². The van der Waals surface area contributed by atoms with E-state index < -0.39 is 4.92 Å². The first-order chi connectivity index (χ1) is 9.61. The van der Waals surface area contributed by atoms with E-state index in [4.69, 9.17) is 4.74 Å². The Balaban J connectivity index is 2.20. The van der Waals surface area contributed by atoms with Gasteiger partial charge in [0.1, 0.15) is 0 Å². The van der Waals surface area contributed by atoms with E-state index >= 15 is 0 Å². The lowest BCUT2D eigenvalue weighted by molar-refractivity contribution is -0.385. The van der Waals surface area contributed by atoms with Crippen molar-refractivity contribution in [3.05, 3.63) is 50.7 Å². The number of rotatable bonds is 6. The SMILES string of the molecule is CCOc1cc(NC(C)c2ccsc2)ccc1[N+](=O)[O-]. The third-order valence-electron chi connectivity index (χ3n) is 2.88. The lowest BCUT2D eigenvalue weighted by Crippen LogP contribution is -2.06. The van der Waals surface area contributed by atoms with Crippen molar-refractivity contribution >= 4 is 22.7 Å². The van der Waals surface area contributed by atoms with E-state index in [1.54, 1.807) is 30.4 Å². The summed E-state index contributed by atoms with van der Waals surface area (Å²) >= 11 is 1.64. The van der Waals surface area contributed by atoms with Crippen molar-refractivity contribution in [1.29, 1.82) is 0 Å². The summed E-state index contributed by atoms with van der Waals surface area (Å²) in [5.74, 6) is 0.292. The van der Waals surface area contributed by atoms with Gasteiger partial charge in [-0.3, -0.25) is 10.1 Å². The number of nitrogens with one attached hydrogen (secondary N) is 1. The minimum Gasteiger partial charge on any atom is -0.487 e. The molecule has 0 radical (unpaired) electrons. The molecule has 0 aliphatic rings. The Hall–Kier alpha value is -2.08. The maximum atomic E-state index is 10.9. The molecule has 106 valence electrons. The Morgan fingerprint density at radius 2 is 2.25 bits per heavy atom. The third-order valence-corrected chi connectivity index (χ3v) is 3.58. The Kier molecular flexibility index (Phi) is 4.57. The minimum atomic E-state index is -0.433. The zero-order chi connectivity index (χ0) is 14.5. The predicted molar refractivity (Wildman–Crippen MR) is 80.6 cm³/mol. The van der Waals surface area contributed by atoms with Gasteiger partial charge in [-0.05, 0) is 42.3 Å². The summed E-state index contributed by atoms with van der Waals surface area (Å²) in [6.45, 7) is 4.24. The van der Waals surface area contributed by atoms with Crippen LogP contribution in [0.15, 0.2) is 35.0 Å². The highest BCUT2D eigenvalue weighted by atomic mass is 32.1. The van der Waals surface area contributed by atoms with Gasteiger partial charge in [0.25, 0.3) is 0 Å². The fourth-order valence-corrected chi connectivity index (χ4v) is 2.63. The fraction of sp³-hybridized carbons (Fsp3) is 0.286. The first kappa shape index (κ1) is 14.3. The monoisotopic (exact) mass is 292 g/mol. The molecule has 2 aromatic rings. The number of nitro benzene ring substituents is 1. The van der Waals surface area contributed by atoms with Crippen LogP contribution in [0.2, 0.25) is 0 Å². The Morgan fingerprint density at radius 1 is 1.45 bits per heavy atom. The number of nitrogens with zero attached hydrogens (tertiary/aromatic N) is 1. The van der Waals surface area contributed by atoms with Crippen LogP contribution in [0.25, 0.3) is 0 Å². The van der Waals surface area contributed by atoms with Crippen molar-refractivity contribution in [3.63, 3.8) is 0 Å². The number of thiophene rings is 1. The second-order valence-corrected chi connectivity index (χ2v) is 5.08. The van der Waals surface area contributed by atoms with E-state index in [9.17, 15) is 10.1 Å². The van der Waals surface area contributed by atoms with Gasteiger partial charge in [-0.25, -0.2) is 0 Å². The Labute approximate surface area is 121 Å². The standard InChI is InChI=1S/C14H16N2O3S/c1-3-19-14-8-12(4-5-13(14)16(17)18)15-10(2)11-6-7-20-9-11/h4-10,15H,3H2,1-2H3. The summed E-state index contributed by atoms with van der Waals surface area (Å²) in [6.07, 6.45) is 0. The van der Waals surface area contributed by atoms with Crippen molar-refractivity contribution < 1.29 is 9.66 Å². The average Bonchev–Trinajstić information content (AvgIpc) is 2.93. The van der Waals surface area contributed by atoms with E-state index in [1.165, 1.54) is 11.6 Å². The smallest absolute Gasteiger partial charge is 0.311 e. The first-order valence-corrected chi connectivity index (χ1v) is 7.26. The predicted octanol–water partition coefficient (Wildman–Crippen LogP) is 4.23. The quantitative estimate of drug-likeness (QED) is 0.639. The number of hydrogen-bond acceptors (Lipinski definition) is 5. The molecular formula is C14H16N2O3S. The summed E-state index contributed by atoms with van der Waals surface area (Å²) in [7, 11) is 0. The third kappa shape index (κ3) is 3.27. The molecule has 1 unspecified atom stereocenters. The molecule has 6 heteroatoms. The summed E-state index contributed by atoms with van der Waals surface area (Å²) in [6, 6.07) is 7.02. The van der Waals surface area contributed by atoms with Crippen LogP contribution in [0.5, 0.6) is 5.75 Å². The lowest BCUT2D eigenvalue weighted by atomic mass is 10.1. The van der Waals surface area contributed by atoms with E-state index in [1.807, 2.05) is 12.3 Å². The molecule has 0 spiro atoms. The molecule has 1 atom stereocenters. The second-order valence-electron chi connectivity index (χ2n) is 4.30. The highest BCUT2D eigenvalue weighted by molar-refractivity contribution is 7.07. The van der Waals surface area contributed by atoms with Crippen molar-refractivity contribution in [2.75, 3.05) is 11.9 Å². The zero-order valence-electron chi connectivity index (χ0n) is 11.3. The minimum absolute atomic E-state index is 0.0133. The number of benzene rings is 1. The van der Waals surface area contributed by atoms with E-state index in [-0.39, 0.29) is 11.7 Å². The lowest BCUT2D eigenvalue weighted by Gasteiger charge is -2.15. The van der Waals surface area contributed by atoms with Crippen LogP contribution in [0.4, 0.5) is 11.4 Å². The van der Waals surface area contributed by atoms with Gasteiger partial charge in [-0.15, -0.1) is 0 Å². The largest absolute Gasteiger partial charge is 0.487 e. The van der Waals surface area contributed by atoms with E-state index in [0.717, 1.165) is 5.69 Å². The Bertz CT molecular complexity index is 584. The molecule has 1 N–H and O–H groups in total. The van der Waals surface area contributed by atoms with Gasteiger partial charge in [0.2, 0.25) is 0 Å². The van der Waals surface area contributed by atoms with Crippen molar-refractivity contribution in [2.45, 2.75) is 19.9 Å². The summed E-state index contributed by atoms with van der Waals surface area (Å²) < 4.78 is 5.33. The number of anilines is 1. The summed E-state index contributed by atoms with van der Waals surface area (Å²) in [4.78, 5) is 10.5. The van der Waals surface area contributed by atoms with Gasteiger partial charge in [0.15, 0.2) is 5.75 Å². The molecule has 0 aliphatic heterocycles. The maximum Gasteiger partial charge on any atom is 0.311 e. The summed E-state index contributed by atoms with van der Waals surface area (Å²) in [5.41, 5.74) is 1.98. The first-order valence-electron chi connectivity index (χ1n) is 6.31. The van der Waals surface area contributed by atoms with E-state index in [2.05, 4.69) is 16.8 Å². The maximum absolute atomic E-state index is 10.9. The molecule has 1 heterocycles. The summed E-state index contributed by atoms with van der Waals surface area (Å²) in [5, 5.41) is 18.3. The van der Waals surface area contributed by atoms with Crippen LogP contribution in [-0.4, -0.2) is 11.5 Å². The molecule has 0 amide bonds. The Morgan fingerprint density at radius 3 is 2.85 bits per heavy atom. The molecule has 1 aromatic carbocycles. The molecule has 0 saturated carbocycles. The van der Waals surface area contributed by atoms with Gasteiger partial charge >= 0.3 is 5.69 Å². The van der Waals surface area contributed by atoms with Crippen molar-refractivity contribution in [3.8, 4) is 5.75 Å². The van der Waals surface area contributed by atoms with Crippen LogP contribution in [0.3, 0.4) is 0 Å². The molecule has 0 saturated heterocycles. The molecule has 20 heavy (non-hydrogen) atoms. The molecule has 0 fully saturated rings. The van der Waals surface area contributed by atoms with Crippen molar-refractivity contribution in [2.24, 2.45) is 0 Å². The molecule has 0 bridgehead atoms. The van der Waals surface area contributed by atoms with Gasteiger partial charge < -0.3 is 10.1 Å². The van der Waals surface area contributed by atoms with Crippen LogP contribution in [0, 0.1) is 10.1 Å². The molecule has 5 nitrogen and oxygen atoms in total. The van der Waals surface area contributed by atoms with Gasteiger partial charge in [0, 0.05) is 23.9 Å². The van der Waals surface area contributed by atoms with Crippen LogP contribution >= 0.6 is 11.3 Å². The van der Waals surface area contributed by atoms with Gasteiger partial charge in [-0.2, -0.15) is 11.3 Å². The average molecular weight is 292 g/mol. The fourth-order valence-electron chi connectivity index (χ4n) is 1.88. The van der Waals surface area contributed by atoms with Gasteiger partial charge in [-0.1, -0.05) is 0 Å². The van der Waals surface area contributed by atoms with Gasteiger partial charge in [0.05, 0.1) is 11.5 Å². The van der Waals surface area contributed by atoms with Crippen molar-refractivity contribution in [1.82, 2.24) is 0 Å². The second kappa shape index (κ2) is 6.38.